The van der Waals surface area contributed by atoms with Gasteiger partial charge in [0.05, 0.1) is 23.9 Å². The Morgan fingerprint density at radius 3 is 2.24 bits per heavy atom. The number of rotatable bonds is 3. The summed E-state index contributed by atoms with van der Waals surface area (Å²) in [6.07, 6.45) is 0.214. The molecule has 2 amide bonds. The van der Waals surface area contributed by atoms with Gasteiger partial charge < -0.3 is 19.5 Å². The highest BCUT2D eigenvalue weighted by atomic mass is 35.5. The Balaban J connectivity index is 1.67. The normalized spacial score (nSPS) is 13.2. The lowest BCUT2D eigenvalue weighted by atomic mass is 10.2. The molecule has 0 saturated carbocycles. The molecule has 2 N–H and O–H groups in total. The van der Waals surface area contributed by atoms with Crippen LogP contribution in [-0.4, -0.2) is 30.8 Å². The van der Waals surface area contributed by atoms with Crippen LogP contribution in [0.15, 0.2) is 36.4 Å². The lowest BCUT2D eigenvalue weighted by molar-refractivity contribution is 0.0636. The molecule has 2 aromatic rings. The molecule has 1 heterocycles. The summed E-state index contributed by atoms with van der Waals surface area (Å²) >= 11 is 6.27. The number of nitrogens with one attached hydrogen (secondary N) is 2. The Morgan fingerprint density at radius 2 is 1.62 bits per heavy atom. The Morgan fingerprint density at radius 1 is 1.00 bits per heavy atom. The number of carbonyl (C=O) groups is 2. The standard InChI is InChI=1S/C21H23ClN2O5/c1-21(2,3)29-20(26)23-14-7-5-13(6-8-14)19(25)24-16-12-18-17(11-15(16)22)27-9-4-10-28-18/h5-8,11-12H,4,9-10H2,1-3H3,(H,23,26)(H,24,25). The molecule has 0 aliphatic carbocycles. The molecule has 1 aliphatic heterocycles. The van der Waals surface area contributed by atoms with E-state index in [9.17, 15) is 9.59 Å². The van der Waals surface area contributed by atoms with Gasteiger partial charge in [0.2, 0.25) is 0 Å². The number of halogens is 1. The van der Waals surface area contributed by atoms with Crippen LogP contribution < -0.4 is 20.1 Å². The van der Waals surface area contributed by atoms with Crippen molar-refractivity contribution in [1.82, 2.24) is 0 Å². The molecular weight excluding hydrogens is 396 g/mol. The second-order valence-corrected chi connectivity index (χ2v) is 7.89. The maximum atomic E-state index is 12.6. The molecule has 0 radical (unpaired) electrons. The monoisotopic (exact) mass is 418 g/mol. The topological polar surface area (TPSA) is 85.9 Å². The Bertz CT molecular complexity index is 907. The van der Waals surface area contributed by atoms with Crippen LogP contribution in [0.5, 0.6) is 11.5 Å². The van der Waals surface area contributed by atoms with Crippen LogP contribution in [0.4, 0.5) is 16.2 Å². The molecule has 0 bridgehead atoms. The summed E-state index contributed by atoms with van der Waals surface area (Å²) in [4.78, 5) is 24.4. The first-order chi connectivity index (χ1) is 13.7. The number of anilines is 2. The molecule has 7 nitrogen and oxygen atoms in total. The van der Waals surface area contributed by atoms with Crippen molar-refractivity contribution >= 4 is 35.0 Å². The first kappa shape index (κ1) is 20.8. The van der Waals surface area contributed by atoms with Gasteiger partial charge in [-0.1, -0.05) is 11.6 Å². The quantitative estimate of drug-likeness (QED) is 0.724. The summed E-state index contributed by atoms with van der Waals surface area (Å²) in [5, 5.41) is 5.74. The number of amides is 2. The fourth-order valence-corrected chi connectivity index (χ4v) is 2.80. The first-order valence-electron chi connectivity index (χ1n) is 9.22. The second kappa shape index (κ2) is 8.61. The third kappa shape index (κ3) is 5.77. The van der Waals surface area contributed by atoms with Crippen LogP contribution in [0.25, 0.3) is 0 Å². The van der Waals surface area contributed by atoms with Gasteiger partial charge in [-0.05, 0) is 45.0 Å². The van der Waals surface area contributed by atoms with Crippen molar-refractivity contribution in [3.8, 4) is 11.5 Å². The van der Waals surface area contributed by atoms with Crippen LogP contribution in [0, 0.1) is 0 Å². The van der Waals surface area contributed by atoms with E-state index in [2.05, 4.69) is 10.6 Å². The summed E-state index contributed by atoms with van der Waals surface area (Å²) in [5.74, 6) is 0.757. The average Bonchev–Trinajstić information content (AvgIpc) is 2.86. The van der Waals surface area contributed by atoms with Gasteiger partial charge in [0, 0.05) is 29.8 Å². The molecule has 0 aromatic heterocycles. The van der Waals surface area contributed by atoms with Crippen molar-refractivity contribution in [2.75, 3.05) is 23.8 Å². The third-order valence-electron chi connectivity index (χ3n) is 3.88. The maximum absolute atomic E-state index is 12.6. The summed E-state index contributed by atoms with van der Waals surface area (Å²) in [6, 6.07) is 9.71. The smallest absolute Gasteiger partial charge is 0.412 e. The number of hydrogen-bond donors (Lipinski definition) is 2. The van der Waals surface area contributed by atoms with E-state index in [0.717, 1.165) is 6.42 Å². The van der Waals surface area contributed by atoms with E-state index in [-0.39, 0.29) is 5.91 Å². The van der Waals surface area contributed by atoms with Gasteiger partial charge in [-0.3, -0.25) is 10.1 Å². The zero-order valence-corrected chi connectivity index (χ0v) is 17.3. The number of ether oxygens (including phenoxy) is 3. The van der Waals surface area contributed by atoms with Gasteiger partial charge in [-0.15, -0.1) is 0 Å². The molecule has 8 heteroatoms. The largest absolute Gasteiger partial charge is 0.490 e. The summed E-state index contributed by atoms with van der Waals surface area (Å²) in [7, 11) is 0. The highest BCUT2D eigenvalue weighted by Gasteiger charge is 2.18. The zero-order chi connectivity index (χ0) is 21.0. The minimum Gasteiger partial charge on any atom is -0.490 e. The molecule has 0 atom stereocenters. The molecule has 1 aliphatic rings. The van der Waals surface area contributed by atoms with Crippen LogP contribution in [0.3, 0.4) is 0 Å². The number of carbonyl (C=O) groups excluding carboxylic acids is 2. The first-order valence-corrected chi connectivity index (χ1v) is 9.60. The van der Waals surface area contributed by atoms with Crippen LogP contribution in [0.1, 0.15) is 37.6 Å². The van der Waals surface area contributed by atoms with E-state index in [1.807, 2.05) is 0 Å². The molecule has 2 aromatic carbocycles. The van der Waals surface area contributed by atoms with E-state index in [1.54, 1.807) is 57.2 Å². The average molecular weight is 419 g/mol. The molecule has 0 saturated heterocycles. The van der Waals surface area contributed by atoms with Crippen LogP contribution in [0.2, 0.25) is 5.02 Å². The summed E-state index contributed by atoms with van der Waals surface area (Å²) in [6.45, 7) is 6.44. The van der Waals surface area contributed by atoms with E-state index < -0.39 is 11.7 Å². The van der Waals surface area contributed by atoms with Gasteiger partial charge in [0.1, 0.15) is 5.60 Å². The molecule has 0 unspecified atom stereocenters. The van der Waals surface area contributed by atoms with Gasteiger partial charge >= 0.3 is 6.09 Å². The highest BCUT2D eigenvalue weighted by Crippen LogP contribution is 2.37. The fraction of sp³-hybridized carbons (Fsp3) is 0.333. The van der Waals surface area contributed by atoms with Crippen LogP contribution >= 0.6 is 11.6 Å². The Hall–Kier alpha value is -2.93. The fourth-order valence-electron chi connectivity index (χ4n) is 2.60. The summed E-state index contributed by atoms with van der Waals surface area (Å²) in [5.41, 5.74) is 0.760. The Kier molecular flexibility index (Phi) is 6.17. The number of fused-ring (bicyclic) bond motifs is 1. The lowest BCUT2D eigenvalue weighted by Gasteiger charge is -2.19. The van der Waals surface area contributed by atoms with Gasteiger partial charge in [0.15, 0.2) is 11.5 Å². The molecule has 29 heavy (non-hydrogen) atoms. The SMILES string of the molecule is CC(C)(C)OC(=O)Nc1ccc(C(=O)Nc2cc3c(cc2Cl)OCCCO3)cc1. The van der Waals surface area contributed by atoms with Crippen molar-refractivity contribution in [2.24, 2.45) is 0 Å². The lowest BCUT2D eigenvalue weighted by Crippen LogP contribution is -2.27. The molecule has 0 fully saturated rings. The van der Waals surface area contributed by atoms with Gasteiger partial charge in [-0.2, -0.15) is 0 Å². The van der Waals surface area contributed by atoms with E-state index in [0.29, 0.717) is 46.7 Å². The highest BCUT2D eigenvalue weighted by molar-refractivity contribution is 6.34. The van der Waals surface area contributed by atoms with Crippen molar-refractivity contribution in [3.63, 3.8) is 0 Å². The minimum atomic E-state index is -0.591. The maximum Gasteiger partial charge on any atom is 0.412 e. The summed E-state index contributed by atoms with van der Waals surface area (Å²) < 4.78 is 16.4. The minimum absolute atomic E-state index is 0.342. The molecule has 3 rings (SSSR count). The van der Waals surface area contributed by atoms with Crippen molar-refractivity contribution in [1.29, 1.82) is 0 Å². The number of benzene rings is 2. The predicted molar refractivity (Wildman–Crippen MR) is 111 cm³/mol. The molecule has 0 spiro atoms. The van der Waals surface area contributed by atoms with E-state index in [4.69, 9.17) is 25.8 Å². The van der Waals surface area contributed by atoms with Crippen LogP contribution in [-0.2, 0) is 4.74 Å². The van der Waals surface area contributed by atoms with Crippen molar-refractivity contribution in [2.45, 2.75) is 32.8 Å². The van der Waals surface area contributed by atoms with Gasteiger partial charge in [0.25, 0.3) is 5.91 Å². The van der Waals surface area contributed by atoms with E-state index in [1.165, 1.54) is 0 Å². The molecular formula is C21H23ClN2O5. The number of hydrogen-bond acceptors (Lipinski definition) is 5. The van der Waals surface area contributed by atoms with Crippen molar-refractivity contribution in [3.05, 3.63) is 47.0 Å². The third-order valence-corrected chi connectivity index (χ3v) is 4.19. The second-order valence-electron chi connectivity index (χ2n) is 7.49. The molecule has 154 valence electrons. The van der Waals surface area contributed by atoms with Crippen molar-refractivity contribution < 1.29 is 23.8 Å². The van der Waals surface area contributed by atoms with E-state index >= 15 is 0 Å². The zero-order valence-electron chi connectivity index (χ0n) is 16.5. The van der Waals surface area contributed by atoms with Gasteiger partial charge in [-0.25, -0.2) is 4.79 Å². The predicted octanol–water partition coefficient (Wildman–Crippen LogP) is 5.10. The Labute approximate surface area is 174 Å².